The van der Waals surface area contributed by atoms with Crippen LogP contribution in [0, 0.1) is 0 Å². The van der Waals surface area contributed by atoms with E-state index in [1.165, 1.54) is 20.3 Å². The van der Waals surface area contributed by atoms with Crippen molar-refractivity contribution in [1.82, 2.24) is 0 Å². The van der Waals surface area contributed by atoms with Crippen LogP contribution >= 0.6 is 0 Å². The average molecular weight is 537 g/mol. The van der Waals surface area contributed by atoms with Crippen molar-refractivity contribution in [2.75, 3.05) is 14.2 Å². The Morgan fingerprint density at radius 2 is 1.38 bits per heavy atom. The molecule has 1 aliphatic heterocycles. The molecule has 7 nitrogen and oxygen atoms in total. The Morgan fingerprint density at radius 3 is 1.92 bits per heavy atom. The number of carbonyl (C=O) groups is 1. The largest absolute Gasteiger partial charge is 0.507 e. The molecule has 0 unspecified atom stereocenters. The zero-order valence-corrected chi connectivity index (χ0v) is 24.1. The topological polar surface area (TPSA) is 105 Å². The number of methoxy groups -OCH3 is 2. The summed E-state index contributed by atoms with van der Waals surface area (Å²) in [6, 6.07) is 3.10. The van der Waals surface area contributed by atoms with Crippen LogP contribution in [-0.2, 0) is 19.3 Å². The smallest absolute Gasteiger partial charge is 0.202 e. The maximum atomic E-state index is 13.6. The number of allylic oxidation sites excluding steroid dienone is 6. The van der Waals surface area contributed by atoms with Crippen molar-refractivity contribution in [2.45, 2.75) is 73.0 Å². The molecule has 1 heterocycles. The zero-order chi connectivity index (χ0) is 29.0. The fraction of sp³-hybridized carbons (Fsp3) is 0.406. The fourth-order valence-electron chi connectivity index (χ4n) is 4.69. The van der Waals surface area contributed by atoms with E-state index in [0.29, 0.717) is 47.5 Å². The van der Waals surface area contributed by atoms with Gasteiger partial charge < -0.3 is 29.5 Å². The second-order valence-corrected chi connectivity index (χ2v) is 10.6. The number of ketones is 1. The molecule has 0 saturated carbocycles. The molecule has 3 rings (SSSR count). The van der Waals surface area contributed by atoms with Crippen LogP contribution in [0.1, 0.15) is 80.3 Å². The van der Waals surface area contributed by atoms with Gasteiger partial charge in [-0.15, -0.1) is 0 Å². The number of ether oxygens (including phenoxy) is 3. The summed E-state index contributed by atoms with van der Waals surface area (Å²) in [5, 5.41) is 33.3. The summed E-state index contributed by atoms with van der Waals surface area (Å²) >= 11 is 0. The highest BCUT2D eigenvalue weighted by Gasteiger charge is 2.43. The molecule has 0 bridgehead atoms. The quantitative estimate of drug-likeness (QED) is 0.322. The third kappa shape index (κ3) is 6.31. The van der Waals surface area contributed by atoms with Gasteiger partial charge >= 0.3 is 0 Å². The maximum Gasteiger partial charge on any atom is 0.202 e. The SMILES string of the molecule is COc1cc(CC=C(C)C)c([C@H]2Oc3c(CC=C(C)C)c(OC)cc(O)c3C(=O)[C@@H]2O)c(CC=C(C)C)c1O. The van der Waals surface area contributed by atoms with Crippen LogP contribution in [0.2, 0.25) is 0 Å². The van der Waals surface area contributed by atoms with Crippen molar-refractivity contribution < 1.29 is 34.3 Å². The van der Waals surface area contributed by atoms with Crippen molar-refractivity contribution in [2.24, 2.45) is 0 Å². The highest BCUT2D eigenvalue weighted by molar-refractivity contribution is 6.06. The molecule has 0 amide bonds. The standard InChI is InChI=1S/C32H40O7/c1-17(2)9-12-20-15-25(38-8)28(34)22(14-11-19(5)6)26(20)32-30(36)29(35)27-23(33)16-24(37-7)21(31(27)39-32)13-10-18(3)4/h9-11,15-16,30,32-34,36H,12-14H2,1-8H3/t30-,32+/m0/s1. The first-order chi connectivity index (χ1) is 18.4. The van der Waals surface area contributed by atoms with Crippen LogP contribution in [0.4, 0.5) is 0 Å². The van der Waals surface area contributed by atoms with Crippen molar-refractivity contribution >= 4 is 5.78 Å². The van der Waals surface area contributed by atoms with E-state index in [1.54, 1.807) is 6.07 Å². The molecule has 210 valence electrons. The summed E-state index contributed by atoms with van der Waals surface area (Å²) in [6.07, 6.45) is 4.41. The molecule has 2 aromatic rings. The summed E-state index contributed by atoms with van der Waals surface area (Å²) in [5.74, 6) is -0.208. The Morgan fingerprint density at radius 1 is 0.846 bits per heavy atom. The Kier molecular flexibility index (Phi) is 9.51. The number of hydrogen-bond acceptors (Lipinski definition) is 7. The van der Waals surface area contributed by atoms with Gasteiger partial charge in [-0.05, 0) is 72.4 Å². The average Bonchev–Trinajstić information content (AvgIpc) is 2.87. The van der Waals surface area contributed by atoms with Gasteiger partial charge in [0.1, 0.15) is 22.8 Å². The van der Waals surface area contributed by atoms with Crippen molar-refractivity contribution in [3.05, 3.63) is 74.9 Å². The number of phenols is 2. The Labute approximate surface area is 231 Å². The lowest BCUT2D eigenvalue weighted by molar-refractivity contribution is 0.0200. The number of aliphatic hydroxyl groups is 1. The van der Waals surface area contributed by atoms with E-state index < -0.39 is 18.0 Å². The van der Waals surface area contributed by atoms with Gasteiger partial charge in [0.25, 0.3) is 0 Å². The molecule has 7 heteroatoms. The van der Waals surface area contributed by atoms with Gasteiger partial charge in [0.05, 0.1) is 14.2 Å². The zero-order valence-electron chi connectivity index (χ0n) is 24.1. The van der Waals surface area contributed by atoms with Gasteiger partial charge in [0.15, 0.2) is 23.7 Å². The van der Waals surface area contributed by atoms with Crippen LogP contribution in [-0.4, -0.2) is 41.4 Å². The fourth-order valence-corrected chi connectivity index (χ4v) is 4.69. The normalized spacial score (nSPS) is 16.1. The van der Waals surface area contributed by atoms with Gasteiger partial charge in [-0.1, -0.05) is 34.9 Å². The number of benzene rings is 2. The van der Waals surface area contributed by atoms with E-state index in [0.717, 1.165) is 22.3 Å². The molecule has 0 saturated heterocycles. The number of rotatable bonds is 9. The Bertz CT molecular complexity index is 1340. The van der Waals surface area contributed by atoms with E-state index in [1.807, 2.05) is 59.8 Å². The van der Waals surface area contributed by atoms with Crippen LogP contribution in [0.15, 0.2) is 47.1 Å². The van der Waals surface area contributed by atoms with Crippen LogP contribution in [0.25, 0.3) is 0 Å². The lowest BCUT2D eigenvalue weighted by Gasteiger charge is -2.34. The molecule has 39 heavy (non-hydrogen) atoms. The number of carbonyl (C=O) groups excluding carboxylic acids is 1. The molecule has 0 spiro atoms. The van der Waals surface area contributed by atoms with E-state index in [4.69, 9.17) is 14.2 Å². The number of aliphatic hydroxyl groups excluding tert-OH is 1. The third-order valence-electron chi connectivity index (χ3n) is 6.75. The Balaban J connectivity index is 2.35. The number of hydrogen-bond donors (Lipinski definition) is 3. The van der Waals surface area contributed by atoms with Crippen molar-refractivity contribution in [1.29, 1.82) is 0 Å². The lowest BCUT2D eigenvalue weighted by Crippen LogP contribution is -2.38. The number of fused-ring (bicyclic) bond motifs is 1. The first-order valence-corrected chi connectivity index (χ1v) is 13.0. The third-order valence-corrected chi connectivity index (χ3v) is 6.75. The number of aromatic hydroxyl groups is 2. The van der Waals surface area contributed by atoms with Crippen LogP contribution < -0.4 is 14.2 Å². The first kappa shape index (κ1) is 29.8. The molecular weight excluding hydrogens is 496 g/mol. The molecule has 2 atom stereocenters. The molecule has 1 aliphatic rings. The van der Waals surface area contributed by atoms with E-state index >= 15 is 0 Å². The minimum absolute atomic E-state index is 0.0711. The molecular formula is C32H40O7. The lowest BCUT2D eigenvalue weighted by atomic mass is 9.84. The van der Waals surface area contributed by atoms with Crippen LogP contribution in [0.3, 0.4) is 0 Å². The first-order valence-electron chi connectivity index (χ1n) is 13.0. The predicted molar refractivity (Wildman–Crippen MR) is 152 cm³/mol. The highest BCUT2D eigenvalue weighted by Crippen LogP contribution is 2.49. The van der Waals surface area contributed by atoms with E-state index in [9.17, 15) is 20.1 Å². The highest BCUT2D eigenvalue weighted by atomic mass is 16.5. The molecule has 0 radical (unpaired) electrons. The predicted octanol–water partition coefficient (Wildman–Crippen LogP) is 6.32. The van der Waals surface area contributed by atoms with Gasteiger partial charge in [-0.25, -0.2) is 0 Å². The van der Waals surface area contributed by atoms with Crippen molar-refractivity contribution in [3.8, 4) is 28.7 Å². The summed E-state index contributed by atoms with van der Waals surface area (Å²) < 4.78 is 17.5. The van der Waals surface area contributed by atoms with E-state index in [2.05, 4.69) is 0 Å². The summed E-state index contributed by atoms with van der Waals surface area (Å²) in [5.41, 5.74) is 5.48. The summed E-state index contributed by atoms with van der Waals surface area (Å²) in [6.45, 7) is 11.8. The molecule has 0 fully saturated rings. The summed E-state index contributed by atoms with van der Waals surface area (Å²) in [7, 11) is 2.97. The molecule has 0 aliphatic carbocycles. The van der Waals surface area contributed by atoms with Gasteiger partial charge in [0, 0.05) is 22.8 Å². The van der Waals surface area contributed by atoms with E-state index in [-0.39, 0.29) is 22.8 Å². The van der Waals surface area contributed by atoms with Gasteiger partial charge in [0.2, 0.25) is 5.78 Å². The van der Waals surface area contributed by atoms with Crippen LogP contribution in [0.5, 0.6) is 28.7 Å². The monoisotopic (exact) mass is 536 g/mol. The molecule has 3 N–H and O–H groups in total. The Hall–Kier alpha value is -3.71. The van der Waals surface area contributed by atoms with Crippen molar-refractivity contribution in [3.63, 3.8) is 0 Å². The maximum absolute atomic E-state index is 13.6. The number of Topliss-reactive ketones (excluding diaryl/α,β-unsaturated/α-hetero) is 1. The summed E-state index contributed by atoms with van der Waals surface area (Å²) in [4.78, 5) is 13.6. The number of phenolic OH excluding ortho intramolecular Hbond substituents is 2. The minimum Gasteiger partial charge on any atom is -0.507 e. The minimum atomic E-state index is -1.61. The molecule has 2 aromatic carbocycles. The van der Waals surface area contributed by atoms with Gasteiger partial charge in [-0.2, -0.15) is 0 Å². The second-order valence-electron chi connectivity index (χ2n) is 10.6. The molecule has 0 aromatic heterocycles. The van der Waals surface area contributed by atoms with Gasteiger partial charge in [-0.3, -0.25) is 4.79 Å². The second kappa shape index (κ2) is 12.4.